The lowest BCUT2D eigenvalue weighted by Crippen LogP contribution is -2.34. The first-order chi connectivity index (χ1) is 14.9. The zero-order chi connectivity index (χ0) is 22.2. The molecule has 3 N–H and O–H groups in total. The number of anilines is 1. The van der Waals surface area contributed by atoms with Gasteiger partial charge in [0.25, 0.3) is 11.8 Å². The van der Waals surface area contributed by atoms with E-state index < -0.39 is 0 Å². The predicted molar refractivity (Wildman–Crippen MR) is 128 cm³/mol. The van der Waals surface area contributed by atoms with Crippen molar-refractivity contribution in [2.24, 2.45) is 0 Å². The Bertz CT molecular complexity index is 1060. The molecule has 2 amide bonds. The van der Waals surface area contributed by atoms with Crippen LogP contribution in [0.5, 0.6) is 0 Å². The molecule has 5 nitrogen and oxygen atoms in total. The Balaban J connectivity index is 1.56. The number of carbonyl (C=O) groups excluding carboxylic acids is 2. The van der Waals surface area contributed by atoms with Crippen molar-refractivity contribution in [2.75, 3.05) is 5.32 Å². The molecule has 0 bridgehead atoms. The summed E-state index contributed by atoms with van der Waals surface area (Å²) in [5.41, 5.74) is 3.84. The second kappa shape index (κ2) is 10.5. The van der Waals surface area contributed by atoms with Gasteiger partial charge in [-0.2, -0.15) is 0 Å². The highest BCUT2D eigenvalue weighted by Crippen LogP contribution is 2.15. The standard InChI is InChI=1S/C25H25N3O2S/c1-17(2)19-11-13-20(14-12-19)24(30)28-25(31)27-22-10-6-9-21(15-22)23(29)26-16-18-7-4-3-5-8-18/h3-15,17H,16H2,1-2H3,(H,26,29)(H2,27,28,30,31). The van der Waals surface area contributed by atoms with Crippen molar-refractivity contribution in [3.63, 3.8) is 0 Å². The van der Waals surface area contributed by atoms with Crippen LogP contribution >= 0.6 is 12.2 Å². The SMILES string of the molecule is CC(C)c1ccc(C(=O)NC(=S)Nc2cccc(C(=O)NCc3ccccc3)c2)cc1. The van der Waals surface area contributed by atoms with E-state index in [2.05, 4.69) is 29.8 Å². The smallest absolute Gasteiger partial charge is 0.257 e. The normalized spacial score (nSPS) is 10.4. The fraction of sp³-hybridized carbons (Fsp3) is 0.160. The summed E-state index contributed by atoms with van der Waals surface area (Å²) in [6.45, 7) is 4.65. The maximum absolute atomic E-state index is 12.5. The Morgan fingerprint density at radius 2 is 1.55 bits per heavy atom. The third-order valence-corrected chi connectivity index (χ3v) is 4.95. The molecule has 0 unspecified atom stereocenters. The number of thiocarbonyl (C=S) groups is 1. The van der Waals surface area contributed by atoms with Crippen molar-refractivity contribution in [3.05, 3.63) is 101 Å². The predicted octanol–water partition coefficient (Wildman–Crippen LogP) is 4.87. The molecule has 0 radical (unpaired) electrons. The van der Waals surface area contributed by atoms with E-state index in [1.807, 2.05) is 42.5 Å². The molecule has 3 aromatic rings. The monoisotopic (exact) mass is 431 g/mol. The summed E-state index contributed by atoms with van der Waals surface area (Å²) in [7, 11) is 0. The lowest BCUT2D eigenvalue weighted by molar-refractivity contribution is 0.0948. The van der Waals surface area contributed by atoms with Gasteiger partial charge < -0.3 is 10.6 Å². The van der Waals surface area contributed by atoms with Gasteiger partial charge in [0.1, 0.15) is 0 Å². The lowest BCUT2D eigenvalue weighted by Gasteiger charge is -2.12. The minimum Gasteiger partial charge on any atom is -0.348 e. The van der Waals surface area contributed by atoms with Crippen LogP contribution in [0.4, 0.5) is 5.69 Å². The fourth-order valence-corrected chi connectivity index (χ4v) is 3.19. The van der Waals surface area contributed by atoms with Gasteiger partial charge >= 0.3 is 0 Å². The molecular weight excluding hydrogens is 406 g/mol. The van der Waals surface area contributed by atoms with Crippen LogP contribution in [0.1, 0.15) is 51.6 Å². The maximum atomic E-state index is 12.5. The van der Waals surface area contributed by atoms with Crippen LogP contribution in [-0.2, 0) is 6.54 Å². The van der Waals surface area contributed by atoms with E-state index in [9.17, 15) is 9.59 Å². The zero-order valence-electron chi connectivity index (χ0n) is 17.5. The van der Waals surface area contributed by atoms with E-state index in [0.29, 0.717) is 29.3 Å². The highest BCUT2D eigenvalue weighted by Gasteiger charge is 2.10. The molecule has 0 saturated heterocycles. The molecule has 0 saturated carbocycles. The molecule has 0 aliphatic heterocycles. The average Bonchev–Trinajstić information content (AvgIpc) is 2.78. The summed E-state index contributed by atoms with van der Waals surface area (Å²) in [6.07, 6.45) is 0. The molecule has 0 aliphatic rings. The Hall–Kier alpha value is -3.51. The number of rotatable bonds is 6. The Labute approximate surface area is 187 Å². The molecule has 3 rings (SSSR count). The molecule has 0 atom stereocenters. The molecule has 0 fully saturated rings. The van der Waals surface area contributed by atoms with Crippen molar-refractivity contribution in [1.82, 2.24) is 10.6 Å². The Morgan fingerprint density at radius 3 is 2.23 bits per heavy atom. The van der Waals surface area contributed by atoms with Gasteiger partial charge in [0.15, 0.2) is 5.11 Å². The van der Waals surface area contributed by atoms with Gasteiger partial charge in [-0.1, -0.05) is 62.4 Å². The second-order valence-corrected chi connectivity index (χ2v) is 7.84. The fourth-order valence-electron chi connectivity index (χ4n) is 2.98. The third-order valence-electron chi connectivity index (χ3n) is 4.75. The molecule has 0 aromatic heterocycles. The van der Waals surface area contributed by atoms with Crippen LogP contribution in [-0.4, -0.2) is 16.9 Å². The van der Waals surface area contributed by atoms with Gasteiger partial charge in [-0.3, -0.25) is 14.9 Å². The van der Waals surface area contributed by atoms with Crippen LogP contribution in [0, 0.1) is 0 Å². The van der Waals surface area contributed by atoms with E-state index >= 15 is 0 Å². The van der Waals surface area contributed by atoms with Gasteiger partial charge in [-0.25, -0.2) is 0 Å². The molecule has 0 heterocycles. The van der Waals surface area contributed by atoms with Crippen LogP contribution in [0.15, 0.2) is 78.9 Å². The average molecular weight is 432 g/mol. The van der Waals surface area contributed by atoms with Crippen molar-refractivity contribution < 1.29 is 9.59 Å². The van der Waals surface area contributed by atoms with Gasteiger partial charge in [0.2, 0.25) is 0 Å². The quantitative estimate of drug-likeness (QED) is 0.487. The number of nitrogens with one attached hydrogen (secondary N) is 3. The van der Waals surface area contributed by atoms with E-state index in [1.54, 1.807) is 36.4 Å². The minimum absolute atomic E-state index is 0.166. The first-order valence-corrected chi connectivity index (χ1v) is 10.5. The van der Waals surface area contributed by atoms with Gasteiger partial charge in [-0.05, 0) is 59.6 Å². The summed E-state index contributed by atoms with van der Waals surface area (Å²) in [6, 6.07) is 24.1. The maximum Gasteiger partial charge on any atom is 0.257 e. The van der Waals surface area contributed by atoms with Crippen LogP contribution in [0.3, 0.4) is 0 Å². The molecule has 3 aromatic carbocycles. The molecule has 0 aliphatic carbocycles. The molecule has 0 spiro atoms. The summed E-state index contributed by atoms with van der Waals surface area (Å²) >= 11 is 5.26. The van der Waals surface area contributed by atoms with E-state index in [1.165, 1.54) is 5.56 Å². The number of carbonyl (C=O) groups is 2. The van der Waals surface area contributed by atoms with Gasteiger partial charge in [-0.15, -0.1) is 0 Å². The largest absolute Gasteiger partial charge is 0.348 e. The lowest BCUT2D eigenvalue weighted by atomic mass is 10.0. The number of hydrogen-bond acceptors (Lipinski definition) is 3. The van der Waals surface area contributed by atoms with Crippen molar-refractivity contribution in [2.45, 2.75) is 26.3 Å². The minimum atomic E-state index is -0.287. The second-order valence-electron chi connectivity index (χ2n) is 7.43. The van der Waals surface area contributed by atoms with E-state index in [-0.39, 0.29) is 16.9 Å². The molecule has 31 heavy (non-hydrogen) atoms. The number of benzene rings is 3. The number of amides is 2. The molecule has 6 heteroatoms. The molecular formula is C25H25N3O2S. The van der Waals surface area contributed by atoms with Gasteiger partial charge in [0, 0.05) is 23.4 Å². The van der Waals surface area contributed by atoms with Crippen LogP contribution < -0.4 is 16.0 Å². The third kappa shape index (κ3) is 6.49. The zero-order valence-corrected chi connectivity index (χ0v) is 18.3. The first-order valence-electron chi connectivity index (χ1n) is 10.1. The summed E-state index contributed by atoms with van der Waals surface area (Å²) in [5.74, 6) is -0.0747. The first kappa shape index (κ1) is 22.2. The summed E-state index contributed by atoms with van der Waals surface area (Å²) in [4.78, 5) is 24.9. The highest BCUT2D eigenvalue weighted by molar-refractivity contribution is 7.80. The van der Waals surface area contributed by atoms with E-state index in [4.69, 9.17) is 12.2 Å². The highest BCUT2D eigenvalue weighted by atomic mass is 32.1. The van der Waals surface area contributed by atoms with Crippen molar-refractivity contribution in [1.29, 1.82) is 0 Å². The Kier molecular flexibility index (Phi) is 7.51. The molecule has 158 valence electrons. The van der Waals surface area contributed by atoms with Crippen LogP contribution in [0.2, 0.25) is 0 Å². The van der Waals surface area contributed by atoms with Gasteiger partial charge in [0.05, 0.1) is 0 Å². The summed E-state index contributed by atoms with van der Waals surface area (Å²) < 4.78 is 0. The van der Waals surface area contributed by atoms with Crippen molar-refractivity contribution in [3.8, 4) is 0 Å². The van der Waals surface area contributed by atoms with Crippen molar-refractivity contribution >= 4 is 34.8 Å². The van der Waals surface area contributed by atoms with E-state index in [0.717, 1.165) is 5.56 Å². The summed E-state index contributed by atoms with van der Waals surface area (Å²) in [5, 5.41) is 8.69. The van der Waals surface area contributed by atoms with Crippen LogP contribution in [0.25, 0.3) is 0 Å². The number of hydrogen-bond donors (Lipinski definition) is 3. The Morgan fingerprint density at radius 1 is 0.839 bits per heavy atom. The topological polar surface area (TPSA) is 70.2 Å².